The highest BCUT2D eigenvalue weighted by Crippen LogP contribution is 2.19. The molecule has 7 nitrogen and oxygen atoms in total. The summed E-state index contributed by atoms with van der Waals surface area (Å²) in [6.45, 7) is 1.68. The third kappa shape index (κ3) is 4.10. The molecular formula is C11H17N5O2S2. The molecule has 2 aromatic heterocycles. The Morgan fingerprint density at radius 2 is 2.30 bits per heavy atom. The molecule has 0 saturated carbocycles. The lowest BCUT2D eigenvalue weighted by molar-refractivity contribution is 0.543. The van der Waals surface area contributed by atoms with E-state index in [-0.39, 0.29) is 0 Å². The summed E-state index contributed by atoms with van der Waals surface area (Å²) in [4.78, 5) is 0. The molecule has 0 amide bonds. The van der Waals surface area contributed by atoms with Gasteiger partial charge in [-0.05, 0) is 30.5 Å². The molecule has 0 saturated heterocycles. The topological polar surface area (TPSA) is 88.9 Å². The summed E-state index contributed by atoms with van der Waals surface area (Å²) in [6.07, 6.45) is 4.01. The summed E-state index contributed by atoms with van der Waals surface area (Å²) in [5, 5.41) is 12.3. The van der Waals surface area contributed by atoms with Crippen LogP contribution < -0.4 is 10.0 Å². The minimum absolute atomic E-state index is 0.350. The standard InChI is InChI=1S/C11H17N5O2S2/c1-12-8-10-7-11(19-9-10)20(17,18)14-3-2-5-16-6-4-13-15-16/h4,6-7,9,12,14H,2-3,5,8H2,1H3. The van der Waals surface area contributed by atoms with Crippen LogP contribution in [0, 0.1) is 0 Å². The third-order valence-corrected chi connectivity index (χ3v) is 5.55. The van der Waals surface area contributed by atoms with Gasteiger partial charge in [-0.2, -0.15) is 0 Å². The van der Waals surface area contributed by atoms with E-state index in [1.807, 2.05) is 12.4 Å². The normalized spacial score (nSPS) is 11.8. The Bertz CT molecular complexity index is 621. The summed E-state index contributed by atoms with van der Waals surface area (Å²) in [5.41, 5.74) is 0.973. The maximum Gasteiger partial charge on any atom is 0.250 e. The largest absolute Gasteiger partial charge is 0.316 e. The lowest BCUT2D eigenvalue weighted by Gasteiger charge is -2.04. The van der Waals surface area contributed by atoms with Gasteiger partial charge in [-0.3, -0.25) is 4.68 Å². The quantitative estimate of drug-likeness (QED) is 0.690. The maximum atomic E-state index is 12.1. The van der Waals surface area contributed by atoms with Gasteiger partial charge in [-0.25, -0.2) is 13.1 Å². The molecule has 0 aliphatic rings. The second-order valence-electron chi connectivity index (χ2n) is 4.22. The highest BCUT2D eigenvalue weighted by molar-refractivity contribution is 7.91. The first-order chi connectivity index (χ1) is 9.62. The van der Waals surface area contributed by atoms with E-state index in [4.69, 9.17) is 0 Å². The smallest absolute Gasteiger partial charge is 0.250 e. The molecule has 2 heterocycles. The Kier molecular flexibility index (Phi) is 5.24. The lowest BCUT2D eigenvalue weighted by atomic mass is 10.3. The Morgan fingerprint density at radius 3 is 3.00 bits per heavy atom. The van der Waals surface area contributed by atoms with E-state index < -0.39 is 10.0 Å². The average Bonchev–Trinajstić information content (AvgIpc) is 3.06. The summed E-state index contributed by atoms with van der Waals surface area (Å²) >= 11 is 1.23. The summed E-state index contributed by atoms with van der Waals surface area (Å²) < 4.78 is 28.7. The first kappa shape index (κ1) is 15.1. The molecule has 0 spiro atoms. The van der Waals surface area contributed by atoms with Crippen LogP contribution in [-0.2, 0) is 23.1 Å². The maximum absolute atomic E-state index is 12.1. The predicted octanol–water partition coefficient (Wildman–Crippen LogP) is 0.428. The van der Waals surface area contributed by atoms with E-state index >= 15 is 0 Å². The molecule has 0 aromatic carbocycles. The number of aryl methyl sites for hydroxylation is 1. The van der Waals surface area contributed by atoms with Crippen molar-refractivity contribution >= 4 is 21.4 Å². The van der Waals surface area contributed by atoms with E-state index in [9.17, 15) is 8.42 Å². The SMILES string of the molecule is CNCc1csc(S(=O)(=O)NCCCn2ccnn2)c1. The number of sulfonamides is 1. The van der Waals surface area contributed by atoms with Gasteiger partial charge in [0.2, 0.25) is 10.0 Å². The molecule has 2 N–H and O–H groups in total. The Hall–Kier alpha value is -1.29. The zero-order chi connectivity index (χ0) is 14.4. The molecule has 2 aromatic rings. The minimum Gasteiger partial charge on any atom is -0.316 e. The molecule has 0 radical (unpaired) electrons. The second-order valence-corrected chi connectivity index (χ2v) is 7.13. The highest BCUT2D eigenvalue weighted by Gasteiger charge is 2.15. The van der Waals surface area contributed by atoms with E-state index in [1.165, 1.54) is 11.3 Å². The van der Waals surface area contributed by atoms with Crippen LogP contribution in [0.5, 0.6) is 0 Å². The average molecular weight is 315 g/mol. The number of hydrogen-bond acceptors (Lipinski definition) is 6. The highest BCUT2D eigenvalue weighted by atomic mass is 32.2. The summed E-state index contributed by atoms with van der Waals surface area (Å²) in [7, 11) is -1.58. The number of aromatic nitrogens is 3. The van der Waals surface area contributed by atoms with Gasteiger partial charge in [0.25, 0.3) is 0 Å². The van der Waals surface area contributed by atoms with Crippen molar-refractivity contribution in [2.75, 3.05) is 13.6 Å². The fraction of sp³-hybridized carbons (Fsp3) is 0.455. The molecule has 9 heteroatoms. The van der Waals surface area contributed by atoms with Crippen LogP contribution >= 0.6 is 11.3 Å². The fourth-order valence-corrected chi connectivity index (χ4v) is 3.99. The van der Waals surface area contributed by atoms with Crippen LogP contribution in [0.1, 0.15) is 12.0 Å². The summed E-state index contributed by atoms with van der Waals surface area (Å²) in [6, 6.07) is 1.70. The molecule has 0 bridgehead atoms. The van der Waals surface area contributed by atoms with Gasteiger partial charge in [-0.15, -0.1) is 16.4 Å². The number of thiophene rings is 1. The molecule has 0 aliphatic carbocycles. The predicted molar refractivity (Wildman–Crippen MR) is 76.9 cm³/mol. The van der Waals surface area contributed by atoms with Crippen molar-refractivity contribution < 1.29 is 8.42 Å². The Labute approximate surface area is 122 Å². The van der Waals surface area contributed by atoms with Crippen LogP contribution in [0.2, 0.25) is 0 Å². The molecular weight excluding hydrogens is 298 g/mol. The molecule has 20 heavy (non-hydrogen) atoms. The molecule has 2 rings (SSSR count). The third-order valence-electron chi connectivity index (χ3n) is 2.60. The van der Waals surface area contributed by atoms with Crippen LogP contribution in [0.25, 0.3) is 0 Å². The molecule has 0 aliphatic heterocycles. The summed E-state index contributed by atoms with van der Waals surface area (Å²) in [5.74, 6) is 0. The van der Waals surface area contributed by atoms with Crippen LogP contribution in [0.4, 0.5) is 0 Å². The van der Waals surface area contributed by atoms with Crippen molar-refractivity contribution in [2.24, 2.45) is 0 Å². The Balaban J connectivity index is 1.83. The van der Waals surface area contributed by atoms with Crippen LogP contribution in [0.3, 0.4) is 0 Å². The Morgan fingerprint density at radius 1 is 1.45 bits per heavy atom. The minimum atomic E-state index is -3.40. The van der Waals surface area contributed by atoms with E-state index in [0.29, 0.717) is 30.3 Å². The first-order valence-electron chi connectivity index (χ1n) is 6.17. The number of nitrogens with zero attached hydrogens (tertiary/aromatic N) is 3. The zero-order valence-electron chi connectivity index (χ0n) is 11.1. The van der Waals surface area contributed by atoms with Crippen molar-refractivity contribution in [3.63, 3.8) is 0 Å². The van der Waals surface area contributed by atoms with Crippen molar-refractivity contribution in [1.82, 2.24) is 25.0 Å². The van der Waals surface area contributed by atoms with Gasteiger partial charge in [0.05, 0.1) is 6.20 Å². The molecule has 110 valence electrons. The number of nitrogens with one attached hydrogen (secondary N) is 2. The van der Waals surface area contributed by atoms with Gasteiger partial charge in [0.15, 0.2) is 0 Å². The molecule has 0 unspecified atom stereocenters. The molecule has 0 fully saturated rings. The fourth-order valence-electron chi connectivity index (χ4n) is 1.66. The van der Waals surface area contributed by atoms with Crippen molar-refractivity contribution in [3.05, 3.63) is 29.4 Å². The van der Waals surface area contributed by atoms with E-state index in [1.54, 1.807) is 23.1 Å². The molecule has 0 atom stereocenters. The number of hydrogen-bond donors (Lipinski definition) is 2. The van der Waals surface area contributed by atoms with Gasteiger partial charge in [-0.1, -0.05) is 5.21 Å². The monoisotopic (exact) mass is 315 g/mol. The number of rotatable bonds is 8. The van der Waals surface area contributed by atoms with E-state index in [0.717, 1.165) is 5.56 Å². The second kappa shape index (κ2) is 6.93. The van der Waals surface area contributed by atoms with E-state index in [2.05, 4.69) is 20.4 Å². The lowest BCUT2D eigenvalue weighted by Crippen LogP contribution is -2.25. The van der Waals surface area contributed by atoms with Crippen molar-refractivity contribution in [3.8, 4) is 0 Å². The van der Waals surface area contributed by atoms with Crippen LogP contribution in [-0.4, -0.2) is 37.0 Å². The first-order valence-corrected chi connectivity index (χ1v) is 8.54. The van der Waals surface area contributed by atoms with Gasteiger partial charge in [0, 0.05) is 25.8 Å². The van der Waals surface area contributed by atoms with Crippen molar-refractivity contribution in [1.29, 1.82) is 0 Å². The van der Waals surface area contributed by atoms with Gasteiger partial charge < -0.3 is 5.32 Å². The van der Waals surface area contributed by atoms with Crippen molar-refractivity contribution in [2.45, 2.75) is 23.7 Å². The van der Waals surface area contributed by atoms with Crippen LogP contribution in [0.15, 0.2) is 28.0 Å². The van der Waals surface area contributed by atoms with Gasteiger partial charge >= 0.3 is 0 Å². The van der Waals surface area contributed by atoms with Gasteiger partial charge in [0.1, 0.15) is 4.21 Å². The zero-order valence-corrected chi connectivity index (χ0v) is 12.7.